The Kier molecular flexibility index (Phi) is 5.60. The lowest BCUT2D eigenvalue weighted by atomic mass is 9.85. The summed E-state index contributed by atoms with van der Waals surface area (Å²) in [7, 11) is 0. The first-order chi connectivity index (χ1) is 13.1. The second-order valence-electron chi connectivity index (χ2n) is 6.97. The molecule has 0 bridgehead atoms. The van der Waals surface area contributed by atoms with Crippen LogP contribution in [0.4, 0.5) is 26.3 Å². The van der Waals surface area contributed by atoms with E-state index in [0.717, 1.165) is 4.68 Å². The molecule has 0 saturated heterocycles. The summed E-state index contributed by atoms with van der Waals surface area (Å²) in [5, 5.41) is 4.06. The van der Waals surface area contributed by atoms with Gasteiger partial charge >= 0.3 is 6.18 Å². The molecular weight excluding hydrogens is 388 g/mol. The summed E-state index contributed by atoms with van der Waals surface area (Å²) in [6.45, 7) is -0.980. The van der Waals surface area contributed by atoms with Crippen LogP contribution in [-0.2, 0) is 19.7 Å². The highest BCUT2D eigenvalue weighted by Gasteiger charge is 2.56. The van der Waals surface area contributed by atoms with E-state index in [1.807, 2.05) is 0 Å². The van der Waals surface area contributed by atoms with Gasteiger partial charge in [0.25, 0.3) is 0 Å². The van der Waals surface area contributed by atoms with E-state index in [4.69, 9.17) is 10.5 Å². The number of halogens is 6. The molecule has 4 nitrogen and oxygen atoms in total. The van der Waals surface area contributed by atoms with Crippen molar-refractivity contribution in [1.82, 2.24) is 9.78 Å². The van der Waals surface area contributed by atoms with Gasteiger partial charge in [-0.1, -0.05) is 12.8 Å². The number of alkyl halides is 3. The lowest BCUT2D eigenvalue weighted by Gasteiger charge is -2.31. The maximum absolute atomic E-state index is 13.8. The largest absolute Gasteiger partial charge is 0.473 e. The molecule has 1 aromatic carbocycles. The third-order valence-electron chi connectivity index (χ3n) is 5.08. The fraction of sp³-hybridized carbons (Fsp3) is 0.500. The number of aromatic nitrogens is 2. The standard InChI is InChI=1S/C18H19F6N3O/c19-13-7-15(21)14(20)5-11(13)9-28-16-6-12(8-25)26-27(16)10-17(18(22,23)24)3-1-2-4-17/h5-7H,1-4,8-10,25H2. The monoisotopic (exact) mass is 407 g/mol. The van der Waals surface area contributed by atoms with Gasteiger partial charge in [-0.15, -0.1) is 0 Å². The van der Waals surface area contributed by atoms with Gasteiger partial charge in [-0.05, 0) is 18.9 Å². The molecule has 3 rings (SSSR count). The fourth-order valence-electron chi connectivity index (χ4n) is 3.48. The minimum absolute atomic E-state index is 0.0223. The number of benzene rings is 1. The molecule has 28 heavy (non-hydrogen) atoms. The van der Waals surface area contributed by atoms with Crippen molar-refractivity contribution < 1.29 is 31.1 Å². The quantitative estimate of drug-likeness (QED) is 0.568. The van der Waals surface area contributed by atoms with Crippen LogP contribution in [0.3, 0.4) is 0 Å². The molecule has 154 valence electrons. The van der Waals surface area contributed by atoms with Crippen LogP contribution < -0.4 is 10.5 Å². The fourth-order valence-corrected chi connectivity index (χ4v) is 3.48. The lowest BCUT2D eigenvalue weighted by Crippen LogP contribution is -2.39. The van der Waals surface area contributed by atoms with E-state index < -0.39 is 42.2 Å². The van der Waals surface area contributed by atoms with Gasteiger partial charge in [0.2, 0.25) is 5.88 Å². The van der Waals surface area contributed by atoms with Crippen LogP contribution >= 0.6 is 0 Å². The molecule has 0 radical (unpaired) electrons. The van der Waals surface area contributed by atoms with Crippen LogP contribution in [0.1, 0.15) is 36.9 Å². The number of hydrogen-bond donors (Lipinski definition) is 1. The third kappa shape index (κ3) is 3.96. The minimum Gasteiger partial charge on any atom is -0.473 e. The van der Waals surface area contributed by atoms with Gasteiger partial charge in [0, 0.05) is 24.2 Å². The predicted octanol–water partition coefficient (Wildman–Crippen LogP) is 4.46. The summed E-state index contributed by atoms with van der Waals surface area (Å²) in [5.74, 6) is -3.66. The van der Waals surface area contributed by atoms with E-state index >= 15 is 0 Å². The number of nitrogens with zero attached hydrogens (tertiary/aromatic N) is 2. The van der Waals surface area contributed by atoms with Crippen molar-refractivity contribution in [3.8, 4) is 5.88 Å². The minimum atomic E-state index is -4.41. The molecule has 0 aliphatic heterocycles. The second kappa shape index (κ2) is 7.65. The number of ether oxygens (including phenoxy) is 1. The first-order valence-corrected chi connectivity index (χ1v) is 8.75. The highest BCUT2D eigenvalue weighted by molar-refractivity contribution is 5.22. The molecule has 1 aliphatic rings. The van der Waals surface area contributed by atoms with Gasteiger partial charge in [-0.2, -0.15) is 18.3 Å². The van der Waals surface area contributed by atoms with E-state index in [2.05, 4.69) is 5.10 Å². The number of rotatable bonds is 6. The Bertz CT molecular complexity index is 843. The zero-order valence-electron chi connectivity index (χ0n) is 14.8. The molecule has 2 aromatic rings. The van der Waals surface area contributed by atoms with Crippen molar-refractivity contribution >= 4 is 0 Å². The van der Waals surface area contributed by atoms with Crippen molar-refractivity contribution in [3.05, 3.63) is 46.9 Å². The third-order valence-corrected chi connectivity index (χ3v) is 5.08. The molecule has 1 heterocycles. The molecule has 0 unspecified atom stereocenters. The Morgan fingerprint density at radius 3 is 2.29 bits per heavy atom. The number of hydrogen-bond acceptors (Lipinski definition) is 3. The van der Waals surface area contributed by atoms with Crippen molar-refractivity contribution in [2.75, 3.05) is 0 Å². The molecule has 10 heteroatoms. The molecule has 0 atom stereocenters. The van der Waals surface area contributed by atoms with Crippen LogP contribution in [-0.4, -0.2) is 16.0 Å². The van der Waals surface area contributed by atoms with Crippen molar-refractivity contribution in [3.63, 3.8) is 0 Å². The number of nitrogens with two attached hydrogens (primary N) is 1. The normalized spacial score (nSPS) is 16.5. The predicted molar refractivity (Wildman–Crippen MR) is 87.7 cm³/mol. The topological polar surface area (TPSA) is 53.1 Å². The van der Waals surface area contributed by atoms with E-state index in [1.54, 1.807) is 0 Å². The SMILES string of the molecule is NCc1cc(OCc2cc(F)c(F)cc2F)n(CC2(C(F)(F)F)CCCC2)n1. The Labute approximate surface area is 157 Å². The molecule has 1 aliphatic carbocycles. The summed E-state index contributed by atoms with van der Waals surface area (Å²) in [4.78, 5) is 0. The maximum Gasteiger partial charge on any atom is 0.396 e. The second-order valence-corrected chi connectivity index (χ2v) is 6.97. The lowest BCUT2D eigenvalue weighted by molar-refractivity contribution is -0.228. The van der Waals surface area contributed by atoms with E-state index in [9.17, 15) is 26.3 Å². The molecular formula is C18H19F6N3O. The van der Waals surface area contributed by atoms with Crippen LogP contribution in [0.25, 0.3) is 0 Å². The Morgan fingerprint density at radius 1 is 1.04 bits per heavy atom. The van der Waals surface area contributed by atoms with E-state index in [1.165, 1.54) is 6.07 Å². The first-order valence-electron chi connectivity index (χ1n) is 8.75. The van der Waals surface area contributed by atoms with Gasteiger partial charge in [0.05, 0.1) is 17.7 Å². The van der Waals surface area contributed by atoms with Crippen molar-refractivity contribution in [2.24, 2.45) is 11.1 Å². The van der Waals surface area contributed by atoms with Crippen LogP contribution in [0.5, 0.6) is 5.88 Å². The first kappa shape index (κ1) is 20.5. The summed E-state index contributed by atoms with van der Waals surface area (Å²) in [6, 6.07) is 2.38. The molecule has 1 saturated carbocycles. The Balaban J connectivity index is 1.85. The maximum atomic E-state index is 13.8. The van der Waals surface area contributed by atoms with Crippen molar-refractivity contribution in [2.45, 2.75) is 51.6 Å². The highest BCUT2D eigenvalue weighted by atomic mass is 19.4. The average Bonchev–Trinajstić information content (AvgIpc) is 3.25. The van der Waals surface area contributed by atoms with Crippen LogP contribution in [0.2, 0.25) is 0 Å². The van der Waals surface area contributed by atoms with Gasteiger partial charge < -0.3 is 10.5 Å². The Morgan fingerprint density at radius 2 is 1.68 bits per heavy atom. The molecule has 2 N–H and O–H groups in total. The van der Waals surface area contributed by atoms with Gasteiger partial charge in [-0.3, -0.25) is 0 Å². The van der Waals surface area contributed by atoms with Crippen molar-refractivity contribution in [1.29, 1.82) is 0 Å². The van der Waals surface area contributed by atoms with Gasteiger partial charge in [0.1, 0.15) is 12.4 Å². The van der Waals surface area contributed by atoms with Crippen LogP contribution in [0.15, 0.2) is 18.2 Å². The highest BCUT2D eigenvalue weighted by Crippen LogP contribution is 2.51. The summed E-state index contributed by atoms with van der Waals surface area (Å²) >= 11 is 0. The zero-order chi connectivity index (χ0) is 20.5. The van der Waals surface area contributed by atoms with E-state index in [0.29, 0.717) is 30.7 Å². The molecule has 0 spiro atoms. The Hall–Kier alpha value is -2.23. The van der Waals surface area contributed by atoms with Crippen LogP contribution in [0, 0.1) is 22.9 Å². The molecule has 0 amide bonds. The average molecular weight is 407 g/mol. The zero-order valence-corrected chi connectivity index (χ0v) is 14.8. The van der Waals surface area contributed by atoms with Gasteiger partial charge in [0.15, 0.2) is 11.6 Å². The summed E-state index contributed by atoms with van der Waals surface area (Å²) in [6.07, 6.45) is -3.54. The summed E-state index contributed by atoms with van der Waals surface area (Å²) in [5.41, 5.74) is 3.63. The summed E-state index contributed by atoms with van der Waals surface area (Å²) < 4.78 is 87.6. The molecule has 1 aromatic heterocycles. The molecule has 1 fully saturated rings. The van der Waals surface area contributed by atoms with Gasteiger partial charge in [-0.25, -0.2) is 17.9 Å². The van der Waals surface area contributed by atoms with E-state index in [-0.39, 0.29) is 30.8 Å². The smallest absolute Gasteiger partial charge is 0.396 e.